The van der Waals surface area contributed by atoms with E-state index < -0.39 is 0 Å². The SMILES string of the molecule is CC(C)c1cc(N)cc2oc3cc(=O)ccc-3[nH+]c12. The van der Waals surface area contributed by atoms with Crippen molar-refractivity contribution in [1.82, 2.24) is 0 Å². The lowest BCUT2D eigenvalue weighted by molar-refractivity contribution is -0.334. The fourth-order valence-electron chi connectivity index (χ4n) is 2.27. The molecule has 1 heterocycles. The van der Waals surface area contributed by atoms with Crippen LogP contribution in [0.4, 0.5) is 5.69 Å². The molecule has 19 heavy (non-hydrogen) atoms. The molecule has 4 heteroatoms. The second-order valence-corrected chi connectivity index (χ2v) is 5.02. The van der Waals surface area contributed by atoms with E-state index in [0.717, 1.165) is 16.8 Å². The maximum atomic E-state index is 11.4. The molecule has 1 aliphatic carbocycles. The zero-order valence-corrected chi connectivity index (χ0v) is 10.9. The number of H-pyrrole nitrogens is 1. The van der Waals surface area contributed by atoms with Crippen LogP contribution >= 0.6 is 0 Å². The minimum Gasteiger partial charge on any atom is -0.443 e. The number of aromatic nitrogens is 1. The van der Waals surface area contributed by atoms with Crippen LogP contribution in [0.15, 0.2) is 39.5 Å². The Bertz CT molecular complexity index is 790. The minimum atomic E-state index is -0.0722. The van der Waals surface area contributed by atoms with E-state index in [0.29, 0.717) is 22.9 Å². The highest BCUT2D eigenvalue weighted by molar-refractivity contribution is 5.79. The number of anilines is 1. The second-order valence-electron chi connectivity index (χ2n) is 5.02. The van der Waals surface area contributed by atoms with Gasteiger partial charge < -0.3 is 10.2 Å². The average molecular weight is 255 g/mol. The minimum absolute atomic E-state index is 0.0722. The Hall–Kier alpha value is -2.36. The van der Waals surface area contributed by atoms with Crippen LogP contribution in [-0.4, -0.2) is 0 Å². The highest BCUT2D eigenvalue weighted by Gasteiger charge is 2.20. The Morgan fingerprint density at radius 3 is 2.74 bits per heavy atom. The lowest BCUT2D eigenvalue weighted by Gasteiger charge is -2.08. The number of aromatic amines is 1. The van der Waals surface area contributed by atoms with Crippen LogP contribution in [0.25, 0.3) is 22.6 Å². The summed E-state index contributed by atoms with van der Waals surface area (Å²) >= 11 is 0. The van der Waals surface area contributed by atoms with E-state index >= 15 is 0 Å². The van der Waals surface area contributed by atoms with Gasteiger partial charge in [0.1, 0.15) is 0 Å². The van der Waals surface area contributed by atoms with E-state index in [1.165, 1.54) is 12.1 Å². The van der Waals surface area contributed by atoms with Gasteiger partial charge in [0.05, 0.1) is 0 Å². The number of nitrogens with one attached hydrogen (secondary N) is 1. The summed E-state index contributed by atoms with van der Waals surface area (Å²) in [4.78, 5) is 14.7. The van der Waals surface area contributed by atoms with Gasteiger partial charge in [-0.3, -0.25) is 4.79 Å². The summed E-state index contributed by atoms with van der Waals surface area (Å²) in [6.45, 7) is 4.21. The quantitative estimate of drug-likeness (QED) is 0.536. The number of nitrogens with two attached hydrogens (primary N) is 1. The fraction of sp³-hybridized carbons (Fsp3) is 0.200. The molecule has 0 saturated heterocycles. The predicted molar refractivity (Wildman–Crippen MR) is 74.2 cm³/mol. The summed E-state index contributed by atoms with van der Waals surface area (Å²) in [7, 11) is 0. The molecule has 0 unspecified atom stereocenters. The van der Waals surface area contributed by atoms with Crippen molar-refractivity contribution in [2.45, 2.75) is 19.8 Å². The third-order valence-corrected chi connectivity index (χ3v) is 3.21. The first-order valence-corrected chi connectivity index (χ1v) is 6.24. The number of benzene rings is 2. The van der Waals surface area contributed by atoms with Gasteiger partial charge >= 0.3 is 0 Å². The van der Waals surface area contributed by atoms with E-state index in [-0.39, 0.29) is 5.43 Å². The van der Waals surface area contributed by atoms with Gasteiger partial charge in [-0.15, -0.1) is 0 Å². The molecule has 96 valence electrons. The van der Waals surface area contributed by atoms with Gasteiger partial charge in [-0.05, 0) is 18.1 Å². The Balaban J connectivity index is 2.45. The molecule has 0 bridgehead atoms. The van der Waals surface area contributed by atoms with Crippen molar-refractivity contribution in [3.8, 4) is 11.5 Å². The van der Waals surface area contributed by atoms with Crippen LogP contribution in [0, 0.1) is 0 Å². The Labute approximate surface area is 110 Å². The standard InChI is InChI=1S/C15H14N2O2/c1-8(2)11-5-9(16)6-14-15(11)17-12-4-3-10(18)7-13(12)19-14/h3-8H,16H2,1-2H3/p+1. The number of fused-ring (bicyclic) bond motifs is 2. The van der Waals surface area contributed by atoms with Crippen molar-refractivity contribution in [3.05, 3.63) is 46.1 Å². The Kier molecular flexibility index (Phi) is 2.52. The first-order valence-electron chi connectivity index (χ1n) is 6.24. The molecule has 1 aromatic carbocycles. The molecule has 1 aliphatic heterocycles. The summed E-state index contributed by atoms with van der Waals surface area (Å²) in [5.41, 5.74) is 9.99. The third-order valence-electron chi connectivity index (χ3n) is 3.21. The van der Waals surface area contributed by atoms with E-state index in [1.54, 1.807) is 12.1 Å². The molecule has 4 nitrogen and oxygen atoms in total. The zero-order valence-electron chi connectivity index (χ0n) is 10.9. The van der Waals surface area contributed by atoms with Gasteiger partial charge in [0.25, 0.3) is 5.52 Å². The summed E-state index contributed by atoms with van der Waals surface area (Å²) < 4.78 is 5.79. The van der Waals surface area contributed by atoms with Gasteiger partial charge in [0.2, 0.25) is 17.0 Å². The molecule has 2 aliphatic rings. The maximum Gasteiger partial charge on any atom is 0.250 e. The summed E-state index contributed by atoms with van der Waals surface area (Å²) in [5.74, 6) is 0.869. The van der Waals surface area contributed by atoms with Crippen LogP contribution in [-0.2, 0) is 0 Å². The molecule has 1 aromatic rings. The average Bonchev–Trinajstić information content (AvgIpc) is 2.35. The smallest absolute Gasteiger partial charge is 0.250 e. The van der Waals surface area contributed by atoms with Gasteiger partial charge in [0.15, 0.2) is 5.43 Å². The van der Waals surface area contributed by atoms with Crippen LogP contribution in [0.1, 0.15) is 25.3 Å². The molecule has 0 atom stereocenters. The summed E-state index contributed by atoms with van der Waals surface area (Å²) in [5, 5.41) is 0. The highest BCUT2D eigenvalue weighted by Crippen LogP contribution is 2.28. The van der Waals surface area contributed by atoms with E-state index in [9.17, 15) is 4.79 Å². The number of nitrogen functional groups attached to an aromatic ring is 1. The summed E-state index contributed by atoms with van der Waals surface area (Å²) in [6.07, 6.45) is 0. The normalized spacial score (nSPS) is 11.5. The van der Waals surface area contributed by atoms with Gasteiger partial charge in [-0.1, -0.05) is 13.8 Å². The van der Waals surface area contributed by atoms with Crippen molar-refractivity contribution < 1.29 is 9.40 Å². The lowest BCUT2D eigenvalue weighted by atomic mass is 10.0. The third kappa shape index (κ3) is 1.95. The lowest BCUT2D eigenvalue weighted by Crippen LogP contribution is -2.14. The van der Waals surface area contributed by atoms with Crippen molar-refractivity contribution in [3.63, 3.8) is 0 Å². The second kappa shape index (κ2) is 4.09. The van der Waals surface area contributed by atoms with Gasteiger partial charge in [-0.25, -0.2) is 0 Å². The maximum absolute atomic E-state index is 11.4. The first-order chi connectivity index (χ1) is 9.04. The molecule has 0 amide bonds. The van der Waals surface area contributed by atoms with E-state index in [1.807, 2.05) is 6.07 Å². The molecule has 0 saturated carbocycles. The van der Waals surface area contributed by atoms with Crippen molar-refractivity contribution >= 4 is 16.8 Å². The number of rotatable bonds is 1. The van der Waals surface area contributed by atoms with Crippen LogP contribution in [0.3, 0.4) is 0 Å². The van der Waals surface area contributed by atoms with Crippen LogP contribution in [0.2, 0.25) is 0 Å². The van der Waals surface area contributed by atoms with Gasteiger partial charge in [-0.2, -0.15) is 4.98 Å². The topological polar surface area (TPSA) is 70.4 Å². The number of hydrogen-bond acceptors (Lipinski definition) is 3. The molecular weight excluding hydrogens is 240 g/mol. The van der Waals surface area contributed by atoms with Crippen LogP contribution in [0.5, 0.6) is 0 Å². The van der Waals surface area contributed by atoms with Crippen molar-refractivity contribution in [1.29, 1.82) is 0 Å². The molecule has 0 spiro atoms. The van der Waals surface area contributed by atoms with E-state index in [2.05, 4.69) is 18.8 Å². The Morgan fingerprint density at radius 2 is 2.00 bits per heavy atom. The first kappa shape index (κ1) is 11.7. The molecule has 3 N–H and O–H groups in total. The highest BCUT2D eigenvalue weighted by atomic mass is 16.3. The molecule has 0 fully saturated rings. The molecule has 0 aromatic heterocycles. The zero-order chi connectivity index (χ0) is 13.6. The number of hydrogen-bond donors (Lipinski definition) is 1. The fourth-order valence-corrected chi connectivity index (χ4v) is 2.27. The van der Waals surface area contributed by atoms with Crippen molar-refractivity contribution in [2.75, 3.05) is 5.73 Å². The molecule has 3 rings (SSSR count). The molecular formula is C15H15N2O2+. The Morgan fingerprint density at radius 1 is 1.21 bits per heavy atom. The molecule has 0 radical (unpaired) electrons. The van der Waals surface area contributed by atoms with E-state index in [4.69, 9.17) is 10.2 Å². The predicted octanol–water partition coefficient (Wildman–Crippen LogP) is 2.42. The monoisotopic (exact) mass is 255 g/mol. The van der Waals surface area contributed by atoms with Crippen molar-refractivity contribution in [2.24, 2.45) is 0 Å². The largest absolute Gasteiger partial charge is 0.443 e. The van der Waals surface area contributed by atoms with Crippen LogP contribution < -0.4 is 16.1 Å². The summed E-state index contributed by atoms with van der Waals surface area (Å²) in [6, 6.07) is 8.46. The van der Waals surface area contributed by atoms with Gasteiger partial charge in [0, 0.05) is 29.4 Å².